The highest BCUT2D eigenvalue weighted by molar-refractivity contribution is 7.09. The summed E-state index contributed by atoms with van der Waals surface area (Å²) in [5.41, 5.74) is 0.909. The third-order valence-corrected chi connectivity index (χ3v) is 3.69. The van der Waals surface area contributed by atoms with Crippen molar-refractivity contribution >= 4 is 17.3 Å². The van der Waals surface area contributed by atoms with E-state index >= 15 is 0 Å². The van der Waals surface area contributed by atoms with Gasteiger partial charge in [-0.1, -0.05) is 13.8 Å². The Hall–Kier alpha value is -0.940. The minimum atomic E-state index is -0.761. The molecule has 1 aromatic rings. The molecule has 0 atom stereocenters. The highest BCUT2D eigenvalue weighted by Crippen LogP contribution is 2.12. The second kappa shape index (κ2) is 7.40. The van der Waals surface area contributed by atoms with Crippen LogP contribution in [-0.4, -0.2) is 40.6 Å². The lowest BCUT2D eigenvalue weighted by molar-refractivity contribution is -0.136. The molecule has 0 bridgehead atoms. The van der Waals surface area contributed by atoms with Crippen LogP contribution in [0.2, 0.25) is 0 Å². The Bertz CT molecular complexity index is 348. The molecule has 0 saturated carbocycles. The quantitative estimate of drug-likeness (QED) is 0.773. The summed E-state index contributed by atoms with van der Waals surface area (Å²) in [7, 11) is 0. The van der Waals surface area contributed by atoms with Gasteiger partial charge in [0, 0.05) is 24.8 Å². The second-order valence-electron chi connectivity index (χ2n) is 3.90. The normalized spacial score (nSPS) is 11.0. The Morgan fingerprint density at radius 2 is 2.12 bits per heavy atom. The number of aryl methyl sites for hydroxylation is 1. The molecule has 0 spiro atoms. The van der Waals surface area contributed by atoms with E-state index < -0.39 is 5.97 Å². The van der Waals surface area contributed by atoms with Gasteiger partial charge in [0.1, 0.15) is 0 Å². The van der Waals surface area contributed by atoms with Gasteiger partial charge in [0.25, 0.3) is 0 Å². The number of likely N-dealkylation sites (N-methyl/N-ethyl adjacent to an activating group) is 1. The molecule has 1 rings (SSSR count). The topological polar surface area (TPSA) is 53.4 Å². The summed E-state index contributed by atoms with van der Waals surface area (Å²) < 4.78 is 0. The molecule has 1 aromatic heterocycles. The van der Waals surface area contributed by atoms with Crippen molar-refractivity contribution in [1.29, 1.82) is 0 Å². The first-order chi connectivity index (χ1) is 8.15. The number of carbonyl (C=O) groups is 1. The van der Waals surface area contributed by atoms with Gasteiger partial charge in [-0.15, -0.1) is 11.3 Å². The fourth-order valence-corrected chi connectivity index (χ4v) is 2.43. The first-order valence-corrected chi connectivity index (χ1v) is 6.91. The number of carboxylic acids is 1. The maximum absolute atomic E-state index is 10.4. The first kappa shape index (κ1) is 14.1. The number of rotatable bonds is 8. The van der Waals surface area contributed by atoms with Crippen LogP contribution in [0, 0.1) is 0 Å². The van der Waals surface area contributed by atoms with Gasteiger partial charge in [0.05, 0.1) is 17.1 Å². The zero-order valence-corrected chi connectivity index (χ0v) is 11.3. The van der Waals surface area contributed by atoms with Crippen LogP contribution in [0.5, 0.6) is 0 Å². The predicted octanol–water partition coefficient (Wildman–Crippen LogP) is 2.04. The third kappa shape index (κ3) is 5.28. The molecule has 0 radical (unpaired) electrons. The van der Waals surface area contributed by atoms with E-state index in [1.807, 2.05) is 5.38 Å². The smallest absolute Gasteiger partial charge is 0.303 e. The zero-order chi connectivity index (χ0) is 12.7. The molecule has 0 fully saturated rings. The van der Waals surface area contributed by atoms with Crippen molar-refractivity contribution in [2.45, 2.75) is 33.1 Å². The van der Waals surface area contributed by atoms with Gasteiger partial charge in [-0.05, 0) is 13.1 Å². The first-order valence-electron chi connectivity index (χ1n) is 6.03. The van der Waals surface area contributed by atoms with Crippen molar-refractivity contribution in [3.8, 4) is 0 Å². The Morgan fingerprint density at radius 1 is 1.41 bits per heavy atom. The molecular formula is C12H20N2O2S. The minimum absolute atomic E-state index is 0.166. The summed E-state index contributed by atoms with van der Waals surface area (Å²) in [5, 5.41) is 11.7. The molecule has 5 heteroatoms. The molecule has 96 valence electrons. The maximum atomic E-state index is 10.4. The van der Waals surface area contributed by atoms with Crippen LogP contribution in [0.25, 0.3) is 0 Å². The Balaban J connectivity index is 2.37. The van der Waals surface area contributed by atoms with Crippen molar-refractivity contribution in [3.63, 3.8) is 0 Å². The minimum Gasteiger partial charge on any atom is -0.481 e. The predicted molar refractivity (Wildman–Crippen MR) is 69.6 cm³/mol. The SMILES string of the molecule is CCN(CC)CCc1nc(CCC(=O)O)cs1. The van der Waals surface area contributed by atoms with Gasteiger partial charge < -0.3 is 10.0 Å². The average Bonchev–Trinajstić information content (AvgIpc) is 2.76. The zero-order valence-electron chi connectivity index (χ0n) is 10.5. The number of nitrogens with zero attached hydrogens (tertiary/aromatic N) is 2. The van der Waals surface area contributed by atoms with E-state index in [0.29, 0.717) is 6.42 Å². The fourth-order valence-electron chi connectivity index (χ4n) is 1.61. The molecule has 0 aliphatic carbocycles. The molecule has 0 saturated heterocycles. The van der Waals surface area contributed by atoms with Crippen LogP contribution in [0.4, 0.5) is 0 Å². The largest absolute Gasteiger partial charge is 0.481 e. The Morgan fingerprint density at radius 3 is 2.71 bits per heavy atom. The van der Waals surface area contributed by atoms with Gasteiger partial charge >= 0.3 is 5.97 Å². The van der Waals surface area contributed by atoms with E-state index in [2.05, 4.69) is 23.7 Å². The second-order valence-corrected chi connectivity index (χ2v) is 4.85. The van der Waals surface area contributed by atoms with Gasteiger partial charge in [-0.3, -0.25) is 4.79 Å². The van der Waals surface area contributed by atoms with Crippen molar-refractivity contribution in [2.75, 3.05) is 19.6 Å². The molecule has 17 heavy (non-hydrogen) atoms. The third-order valence-electron chi connectivity index (χ3n) is 2.73. The van der Waals surface area contributed by atoms with Crippen LogP contribution in [0.3, 0.4) is 0 Å². The Labute approximate surface area is 106 Å². The van der Waals surface area contributed by atoms with Crippen molar-refractivity contribution in [3.05, 3.63) is 16.1 Å². The number of thiazole rings is 1. The molecule has 0 aromatic carbocycles. The van der Waals surface area contributed by atoms with Crippen molar-refractivity contribution < 1.29 is 9.90 Å². The van der Waals surface area contributed by atoms with Crippen LogP contribution < -0.4 is 0 Å². The standard InChI is InChI=1S/C12H20N2O2S/c1-3-14(4-2)8-7-11-13-10(9-17-11)5-6-12(15)16/h9H,3-8H2,1-2H3,(H,15,16). The van der Waals surface area contributed by atoms with E-state index in [9.17, 15) is 4.79 Å². The number of aliphatic carboxylic acids is 1. The van der Waals surface area contributed by atoms with Crippen molar-refractivity contribution in [1.82, 2.24) is 9.88 Å². The van der Waals surface area contributed by atoms with E-state index in [1.54, 1.807) is 11.3 Å². The number of hydrogen-bond acceptors (Lipinski definition) is 4. The van der Waals surface area contributed by atoms with Gasteiger partial charge in [0.15, 0.2) is 0 Å². The molecule has 0 aliphatic heterocycles. The molecule has 0 aliphatic rings. The van der Waals surface area contributed by atoms with Crippen LogP contribution in [0.15, 0.2) is 5.38 Å². The summed E-state index contributed by atoms with van der Waals surface area (Å²) in [6.45, 7) is 7.47. The number of carboxylic acid groups (broad SMARTS) is 1. The summed E-state index contributed by atoms with van der Waals surface area (Å²) >= 11 is 1.63. The van der Waals surface area contributed by atoms with Crippen LogP contribution in [0.1, 0.15) is 31.0 Å². The molecule has 0 unspecified atom stereocenters. The summed E-state index contributed by atoms with van der Waals surface area (Å²) in [4.78, 5) is 17.3. The van der Waals surface area contributed by atoms with Crippen LogP contribution in [-0.2, 0) is 17.6 Å². The maximum Gasteiger partial charge on any atom is 0.303 e. The molecule has 1 heterocycles. The molecule has 1 N–H and O–H groups in total. The highest BCUT2D eigenvalue weighted by Gasteiger charge is 2.06. The molecule has 0 amide bonds. The molecular weight excluding hydrogens is 236 g/mol. The van der Waals surface area contributed by atoms with E-state index in [1.165, 1.54) is 0 Å². The highest BCUT2D eigenvalue weighted by atomic mass is 32.1. The monoisotopic (exact) mass is 256 g/mol. The van der Waals surface area contributed by atoms with Gasteiger partial charge in [0.2, 0.25) is 0 Å². The van der Waals surface area contributed by atoms with E-state index in [0.717, 1.165) is 36.8 Å². The molecule has 4 nitrogen and oxygen atoms in total. The van der Waals surface area contributed by atoms with E-state index in [4.69, 9.17) is 5.11 Å². The van der Waals surface area contributed by atoms with Crippen LogP contribution >= 0.6 is 11.3 Å². The van der Waals surface area contributed by atoms with Gasteiger partial charge in [-0.2, -0.15) is 0 Å². The fraction of sp³-hybridized carbons (Fsp3) is 0.667. The van der Waals surface area contributed by atoms with Gasteiger partial charge in [-0.25, -0.2) is 4.98 Å². The summed E-state index contributed by atoms with van der Waals surface area (Å²) in [6, 6.07) is 0. The van der Waals surface area contributed by atoms with E-state index in [-0.39, 0.29) is 6.42 Å². The summed E-state index contributed by atoms with van der Waals surface area (Å²) in [6.07, 6.45) is 1.66. The summed E-state index contributed by atoms with van der Waals surface area (Å²) in [5.74, 6) is -0.761. The lowest BCUT2D eigenvalue weighted by Gasteiger charge is -2.16. The lowest BCUT2D eigenvalue weighted by Crippen LogP contribution is -2.25. The number of aromatic nitrogens is 1. The number of hydrogen-bond donors (Lipinski definition) is 1. The average molecular weight is 256 g/mol. The lowest BCUT2D eigenvalue weighted by atomic mass is 10.2. The Kier molecular flexibility index (Phi) is 6.15. The van der Waals surface area contributed by atoms with Crippen molar-refractivity contribution in [2.24, 2.45) is 0 Å².